The monoisotopic (exact) mass is 172 g/mol. The van der Waals surface area contributed by atoms with Crippen molar-refractivity contribution < 1.29 is 4.74 Å². The van der Waals surface area contributed by atoms with Crippen LogP contribution in [0.2, 0.25) is 0 Å². The molecule has 3 heteroatoms. The van der Waals surface area contributed by atoms with Gasteiger partial charge in [0.25, 0.3) is 0 Å². The Morgan fingerprint density at radius 1 is 1.50 bits per heavy atom. The number of ether oxygens (including phenoxy) is 1. The zero-order chi connectivity index (χ0) is 8.81. The molecule has 0 aromatic carbocycles. The van der Waals surface area contributed by atoms with E-state index < -0.39 is 0 Å². The Bertz CT molecular complexity index is 119. The minimum absolute atomic E-state index is 0.301. The first-order valence-electron chi connectivity index (χ1n) is 4.83. The summed E-state index contributed by atoms with van der Waals surface area (Å²) in [6.45, 7) is 3.11. The van der Waals surface area contributed by atoms with E-state index in [2.05, 4.69) is 4.90 Å². The van der Waals surface area contributed by atoms with Crippen LogP contribution in [0.25, 0.3) is 0 Å². The molecule has 1 fully saturated rings. The second kappa shape index (κ2) is 5.51. The molecule has 1 atom stereocenters. The minimum Gasteiger partial charge on any atom is -0.385 e. The van der Waals surface area contributed by atoms with Crippen LogP contribution in [0.1, 0.15) is 25.7 Å². The predicted molar refractivity (Wildman–Crippen MR) is 49.9 cm³/mol. The largest absolute Gasteiger partial charge is 0.385 e. The smallest absolute Gasteiger partial charge is 0.0571 e. The van der Waals surface area contributed by atoms with Crippen molar-refractivity contribution in [1.29, 1.82) is 0 Å². The van der Waals surface area contributed by atoms with Crippen LogP contribution in [0.5, 0.6) is 0 Å². The van der Waals surface area contributed by atoms with Crippen LogP contribution >= 0.6 is 0 Å². The summed E-state index contributed by atoms with van der Waals surface area (Å²) < 4.78 is 5.00. The molecule has 1 saturated heterocycles. The first-order valence-corrected chi connectivity index (χ1v) is 4.83. The molecule has 0 unspecified atom stereocenters. The zero-order valence-corrected chi connectivity index (χ0v) is 7.96. The number of nitrogens with two attached hydrogens (primary N) is 1. The molecule has 0 spiro atoms. The number of nitrogens with zero attached hydrogens (tertiary/aromatic N) is 1. The quantitative estimate of drug-likeness (QED) is 0.637. The van der Waals surface area contributed by atoms with Gasteiger partial charge in [-0.3, -0.25) is 4.90 Å². The van der Waals surface area contributed by atoms with Crippen LogP contribution in [-0.4, -0.2) is 37.9 Å². The molecule has 0 radical (unpaired) electrons. The SMILES string of the molecule is COCCCN1CCCC[C@@H]1N. The van der Waals surface area contributed by atoms with E-state index in [-0.39, 0.29) is 0 Å². The molecule has 0 aromatic heterocycles. The van der Waals surface area contributed by atoms with E-state index in [4.69, 9.17) is 10.5 Å². The molecule has 1 aliphatic heterocycles. The van der Waals surface area contributed by atoms with Crippen LogP contribution < -0.4 is 5.73 Å². The Hall–Kier alpha value is -0.120. The van der Waals surface area contributed by atoms with Crippen molar-refractivity contribution >= 4 is 0 Å². The summed E-state index contributed by atoms with van der Waals surface area (Å²) in [4.78, 5) is 2.36. The number of piperidine rings is 1. The van der Waals surface area contributed by atoms with E-state index >= 15 is 0 Å². The fourth-order valence-electron chi connectivity index (χ4n) is 1.71. The minimum atomic E-state index is 0.301. The molecule has 1 rings (SSSR count). The third-order valence-corrected chi connectivity index (χ3v) is 2.46. The van der Waals surface area contributed by atoms with Crippen molar-refractivity contribution in [2.24, 2.45) is 5.73 Å². The highest BCUT2D eigenvalue weighted by molar-refractivity contribution is 4.71. The van der Waals surface area contributed by atoms with E-state index in [1.54, 1.807) is 7.11 Å². The Balaban J connectivity index is 2.11. The maximum absolute atomic E-state index is 5.95. The molecule has 0 aliphatic carbocycles. The lowest BCUT2D eigenvalue weighted by Crippen LogP contribution is -2.45. The molecule has 0 bridgehead atoms. The van der Waals surface area contributed by atoms with Gasteiger partial charge in [-0.05, 0) is 32.2 Å². The molecular weight excluding hydrogens is 152 g/mol. The third-order valence-electron chi connectivity index (χ3n) is 2.46. The molecule has 1 heterocycles. The van der Waals surface area contributed by atoms with Crippen LogP contribution in [0.3, 0.4) is 0 Å². The first-order chi connectivity index (χ1) is 5.84. The van der Waals surface area contributed by atoms with Crippen molar-refractivity contribution in [3.63, 3.8) is 0 Å². The van der Waals surface area contributed by atoms with Gasteiger partial charge in [-0.15, -0.1) is 0 Å². The lowest BCUT2D eigenvalue weighted by molar-refractivity contribution is 0.125. The van der Waals surface area contributed by atoms with Gasteiger partial charge in [0.2, 0.25) is 0 Å². The van der Waals surface area contributed by atoms with E-state index in [9.17, 15) is 0 Å². The summed E-state index contributed by atoms with van der Waals surface area (Å²) in [5.74, 6) is 0. The number of hydrogen-bond donors (Lipinski definition) is 1. The van der Waals surface area contributed by atoms with Gasteiger partial charge in [-0.2, -0.15) is 0 Å². The highest BCUT2D eigenvalue weighted by Gasteiger charge is 2.17. The second-order valence-electron chi connectivity index (χ2n) is 3.45. The maximum atomic E-state index is 5.95. The van der Waals surface area contributed by atoms with Crippen LogP contribution in [0.4, 0.5) is 0 Å². The van der Waals surface area contributed by atoms with Crippen molar-refractivity contribution in [2.75, 3.05) is 26.8 Å². The molecule has 72 valence electrons. The fraction of sp³-hybridized carbons (Fsp3) is 1.00. The maximum Gasteiger partial charge on any atom is 0.0571 e. The van der Waals surface area contributed by atoms with Crippen LogP contribution in [0, 0.1) is 0 Å². The average molecular weight is 172 g/mol. The molecule has 0 saturated carbocycles. The van der Waals surface area contributed by atoms with Gasteiger partial charge in [0.15, 0.2) is 0 Å². The van der Waals surface area contributed by atoms with Gasteiger partial charge in [0, 0.05) is 20.3 Å². The summed E-state index contributed by atoms with van der Waals surface area (Å²) in [7, 11) is 1.75. The Morgan fingerprint density at radius 2 is 2.33 bits per heavy atom. The summed E-state index contributed by atoms with van der Waals surface area (Å²) in [5.41, 5.74) is 5.95. The highest BCUT2D eigenvalue weighted by Crippen LogP contribution is 2.12. The second-order valence-corrected chi connectivity index (χ2v) is 3.45. The van der Waals surface area contributed by atoms with Crippen molar-refractivity contribution in [3.8, 4) is 0 Å². The number of hydrogen-bond acceptors (Lipinski definition) is 3. The zero-order valence-electron chi connectivity index (χ0n) is 7.96. The van der Waals surface area contributed by atoms with Gasteiger partial charge in [-0.1, -0.05) is 0 Å². The van der Waals surface area contributed by atoms with E-state index in [1.807, 2.05) is 0 Å². The highest BCUT2D eigenvalue weighted by atomic mass is 16.5. The normalized spacial score (nSPS) is 26.0. The van der Waals surface area contributed by atoms with Gasteiger partial charge in [0.1, 0.15) is 0 Å². The standard InChI is InChI=1S/C9H20N2O/c1-12-8-4-7-11-6-3-2-5-9(11)10/h9H,2-8,10H2,1H3/t9-/m1/s1. The Morgan fingerprint density at radius 3 is 3.00 bits per heavy atom. The molecule has 12 heavy (non-hydrogen) atoms. The van der Waals surface area contributed by atoms with E-state index in [0.717, 1.165) is 26.0 Å². The molecule has 1 aliphatic rings. The van der Waals surface area contributed by atoms with Crippen LogP contribution in [-0.2, 0) is 4.74 Å². The molecule has 2 N–H and O–H groups in total. The Kier molecular flexibility index (Phi) is 4.58. The van der Waals surface area contributed by atoms with Crippen molar-refractivity contribution in [3.05, 3.63) is 0 Å². The number of likely N-dealkylation sites (tertiary alicyclic amines) is 1. The summed E-state index contributed by atoms with van der Waals surface area (Å²) in [6.07, 6.45) is 5.16. The van der Waals surface area contributed by atoms with E-state index in [0.29, 0.717) is 6.17 Å². The van der Waals surface area contributed by atoms with Crippen LogP contribution in [0.15, 0.2) is 0 Å². The summed E-state index contributed by atoms with van der Waals surface area (Å²) >= 11 is 0. The summed E-state index contributed by atoms with van der Waals surface area (Å²) in [6, 6.07) is 0. The Labute approximate surface area is 74.9 Å². The molecule has 0 aromatic rings. The van der Waals surface area contributed by atoms with Gasteiger partial charge < -0.3 is 10.5 Å². The number of methoxy groups -OCH3 is 1. The first kappa shape index (κ1) is 9.96. The van der Waals surface area contributed by atoms with Crippen molar-refractivity contribution in [1.82, 2.24) is 4.90 Å². The lowest BCUT2D eigenvalue weighted by Gasteiger charge is -2.32. The topological polar surface area (TPSA) is 38.5 Å². The number of rotatable bonds is 4. The molecular formula is C9H20N2O. The van der Waals surface area contributed by atoms with E-state index in [1.165, 1.54) is 19.4 Å². The average Bonchev–Trinajstić information content (AvgIpc) is 2.09. The lowest BCUT2D eigenvalue weighted by atomic mass is 10.1. The predicted octanol–water partition coefficient (Wildman–Crippen LogP) is 0.794. The van der Waals surface area contributed by atoms with Crippen molar-refractivity contribution in [2.45, 2.75) is 31.8 Å². The van der Waals surface area contributed by atoms with Gasteiger partial charge in [-0.25, -0.2) is 0 Å². The third kappa shape index (κ3) is 3.09. The molecule has 0 amide bonds. The van der Waals surface area contributed by atoms with Gasteiger partial charge in [0.05, 0.1) is 6.17 Å². The van der Waals surface area contributed by atoms with Gasteiger partial charge >= 0.3 is 0 Å². The summed E-state index contributed by atoms with van der Waals surface area (Å²) in [5, 5.41) is 0. The fourth-order valence-corrected chi connectivity index (χ4v) is 1.71. The molecule has 3 nitrogen and oxygen atoms in total.